The molecule has 0 heterocycles. The van der Waals surface area contributed by atoms with Crippen molar-refractivity contribution in [2.24, 2.45) is 5.92 Å². The second-order valence-electron chi connectivity index (χ2n) is 7.67. The van der Waals surface area contributed by atoms with Gasteiger partial charge in [-0.2, -0.15) is 5.26 Å². The van der Waals surface area contributed by atoms with Gasteiger partial charge in [-0.05, 0) is 44.7 Å². The monoisotopic (exact) mass is 415 g/mol. The summed E-state index contributed by atoms with van der Waals surface area (Å²) in [4.78, 5) is 10.6. The van der Waals surface area contributed by atoms with Gasteiger partial charge in [0.15, 0.2) is 0 Å². The number of aryl methyl sites for hydroxylation is 1. The summed E-state index contributed by atoms with van der Waals surface area (Å²) in [5.74, 6) is -4.59. The van der Waals surface area contributed by atoms with Crippen LogP contribution in [0, 0.1) is 27.4 Å². The number of halogens is 2. The van der Waals surface area contributed by atoms with E-state index in [1.54, 1.807) is 32.9 Å². The Morgan fingerprint density at radius 3 is 2.68 bits per heavy atom. The molecule has 7 nitrogen and oxygen atoms in total. The number of hydrogen-bond donors (Lipinski definition) is 1. The predicted octanol–water partition coefficient (Wildman–Crippen LogP) is 3.43. The van der Waals surface area contributed by atoms with Gasteiger partial charge in [-0.3, -0.25) is 10.1 Å². The molecule has 0 spiro atoms. The molecular weight excluding hydrogens is 392 g/mol. The number of nitro groups is 1. The van der Waals surface area contributed by atoms with E-state index in [2.05, 4.69) is 4.72 Å². The predicted molar refractivity (Wildman–Crippen MR) is 100 cm³/mol. The van der Waals surface area contributed by atoms with Crippen LogP contribution in [0.3, 0.4) is 0 Å². The first-order chi connectivity index (χ1) is 13.0. The van der Waals surface area contributed by atoms with Gasteiger partial charge in [-0.25, -0.2) is 17.7 Å². The molecule has 1 N–H and O–H groups in total. The number of fused-ring (bicyclic) bond motifs is 1. The van der Waals surface area contributed by atoms with Crippen molar-refractivity contribution in [2.45, 2.75) is 50.3 Å². The normalized spacial score (nSPS) is 20.9. The zero-order chi connectivity index (χ0) is 21.1. The molecule has 0 saturated carbocycles. The Morgan fingerprint density at radius 2 is 2.11 bits per heavy atom. The topological polar surface area (TPSA) is 105 Å². The highest BCUT2D eigenvalue weighted by atomic mass is 32.2. The summed E-state index contributed by atoms with van der Waals surface area (Å²) >= 11 is 0. The van der Waals surface area contributed by atoms with Crippen molar-refractivity contribution < 1.29 is 22.6 Å². The van der Waals surface area contributed by atoms with Crippen molar-refractivity contribution in [3.8, 4) is 6.07 Å². The summed E-state index contributed by atoms with van der Waals surface area (Å²) in [5.41, 5.74) is 0.846. The van der Waals surface area contributed by atoms with Crippen molar-refractivity contribution in [3.05, 3.63) is 39.4 Å². The van der Waals surface area contributed by atoms with Crippen LogP contribution < -0.4 is 4.72 Å². The van der Waals surface area contributed by atoms with E-state index < -0.39 is 51.8 Å². The van der Waals surface area contributed by atoms with E-state index in [9.17, 15) is 23.1 Å². The molecule has 154 valence electrons. The third-order valence-corrected chi connectivity index (χ3v) is 6.18. The van der Waals surface area contributed by atoms with E-state index in [-0.39, 0.29) is 12.1 Å². The van der Waals surface area contributed by atoms with Crippen molar-refractivity contribution in [3.63, 3.8) is 0 Å². The van der Waals surface area contributed by atoms with Gasteiger partial charge >= 0.3 is 0 Å². The van der Waals surface area contributed by atoms with Crippen molar-refractivity contribution in [1.29, 1.82) is 5.26 Å². The summed E-state index contributed by atoms with van der Waals surface area (Å²) in [6, 6.07) is 4.76. The van der Waals surface area contributed by atoms with Gasteiger partial charge in [0.2, 0.25) is 0 Å². The van der Waals surface area contributed by atoms with Crippen LogP contribution in [-0.4, -0.2) is 33.0 Å². The Morgan fingerprint density at radius 1 is 1.43 bits per heavy atom. The van der Waals surface area contributed by atoms with Gasteiger partial charge in [0.05, 0.1) is 32.8 Å². The molecule has 2 rings (SSSR count). The van der Waals surface area contributed by atoms with Gasteiger partial charge in [-0.15, -0.1) is 0 Å². The third kappa shape index (κ3) is 5.10. The first-order valence-corrected chi connectivity index (χ1v) is 9.90. The van der Waals surface area contributed by atoms with Gasteiger partial charge in [-0.1, -0.05) is 6.07 Å². The van der Waals surface area contributed by atoms with E-state index in [1.807, 2.05) is 0 Å². The average Bonchev–Trinajstić information content (AvgIpc) is 2.60. The van der Waals surface area contributed by atoms with Gasteiger partial charge < -0.3 is 4.74 Å². The zero-order valence-electron chi connectivity index (χ0n) is 15.9. The molecule has 1 aliphatic rings. The highest BCUT2D eigenvalue weighted by Gasteiger charge is 2.48. The molecule has 1 aromatic rings. The lowest BCUT2D eigenvalue weighted by Crippen LogP contribution is -2.47. The van der Waals surface area contributed by atoms with Crippen molar-refractivity contribution >= 4 is 16.7 Å². The Bertz CT molecular complexity index is 805. The lowest BCUT2D eigenvalue weighted by Gasteiger charge is -2.39. The van der Waals surface area contributed by atoms with Crippen molar-refractivity contribution in [1.82, 2.24) is 4.72 Å². The molecule has 0 amide bonds. The first kappa shape index (κ1) is 22.3. The molecule has 0 radical (unpaired) electrons. The van der Waals surface area contributed by atoms with E-state index in [0.29, 0.717) is 17.5 Å². The number of nitro benzene ring substituents is 1. The van der Waals surface area contributed by atoms with Crippen LogP contribution in [0.15, 0.2) is 18.2 Å². The minimum Gasteiger partial charge on any atom is -0.360 e. The van der Waals surface area contributed by atoms with Crippen molar-refractivity contribution in [2.75, 3.05) is 13.2 Å². The Labute approximate surface area is 164 Å². The summed E-state index contributed by atoms with van der Waals surface area (Å²) in [7, 11) is -1.67. The third-order valence-electron chi connectivity index (χ3n) is 4.60. The fourth-order valence-electron chi connectivity index (χ4n) is 3.14. The number of nitrogens with zero attached hydrogens (tertiary/aromatic N) is 2. The maximum Gasteiger partial charge on any atom is 0.275 e. The summed E-state index contributed by atoms with van der Waals surface area (Å²) in [6.45, 7) is 3.70. The molecule has 0 fully saturated rings. The fourth-order valence-corrected chi connectivity index (χ4v) is 4.02. The molecule has 0 aliphatic heterocycles. The fraction of sp³-hybridized carbons (Fsp3) is 0.611. The van der Waals surface area contributed by atoms with E-state index in [1.165, 1.54) is 12.1 Å². The Hall–Kier alpha value is -1.96. The number of ether oxygens (including phenoxy) is 1. The molecule has 1 aromatic carbocycles. The number of rotatable bonds is 7. The number of non-ortho nitro benzene ring substituents is 1. The smallest absolute Gasteiger partial charge is 0.275 e. The van der Waals surface area contributed by atoms with Crippen LogP contribution in [0.25, 0.3) is 0 Å². The van der Waals surface area contributed by atoms with E-state index in [4.69, 9.17) is 10.00 Å². The second kappa shape index (κ2) is 8.59. The van der Waals surface area contributed by atoms with Gasteiger partial charge in [0.25, 0.3) is 11.6 Å². The number of hydrogen-bond acceptors (Lipinski definition) is 5. The number of nitrogens with one attached hydrogen (secondary N) is 1. The summed E-state index contributed by atoms with van der Waals surface area (Å²) in [6.07, 6.45) is 0.402. The maximum atomic E-state index is 14.9. The Kier molecular flexibility index (Phi) is 6.85. The molecule has 28 heavy (non-hydrogen) atoms. The molecule has 1 unspecified atom stereocenters. The molecule has 0 saturated heterocycles. The largest absolute Gasteiger partial charge is 0.360 e. The lowest BCUT2D eigenvalue weighted by molar-refractivity contribution is -0.385. The quantitative estimate of drug-likeness (QED) is 0.417. The van der Waals surface area contributed by atoms with E-state index in [0.717, 1.165) is 0 Å². The summed E-state index contributed by atoms with van der Waals surface area (Å²) in [5, 5.41) is 19.7. The molecule has 3 atom stereocenters. The minimum absolute atomic E-state index is 0.0900. The van der Waals surface area contributed by atoms with Crippen LogP contribution in [0.5, 0.6) is 0 Å². The van der Waals surface area contributed by atoms with Crippen LogP contribution in [0.4, 0.5) is 14.5 Å². The highest BCUT2D eigenvalue weighted by Crippen LogP contribution is 2.44. The van der Waals surface area contributed by atoms with E-state index >= 15 is 0 Å². The van der Waals surface area contributed by atoms with Gasteiger partial charge in [0, 0.05) is 18.1 Å². The number of nitriles is 1. The molecular formula is C18H23F2N3O4S. The second-order valence-corrected chi connectivity index (χ2v) is 9.67. The van der Waals surface area contributed by atoms with Crippen LogP contribution in [-0.2, 0) is 22.1 Å². The molecule has 0 aromatic heterocycles. The molecule has 0 bridgehead atoms. The number of alkyl halides is 2. The Balaban J connectivity index is 2.45. The number of benzene rings is 1. The maximum absolute atomic E-state index is 14.9. The SMILES string of the molecule is CC(C)(C)[S@@](=O)NC1c2cc([N+](=O)[O-])ccc2CC[C@H]1C(F)(F)COCC#N. The molecule has 1 aliphatic carbocycles. The van der Waals surface area contributed by atoms with Crippen LogP contribution in [0.1, 0.15) is 44.4 Å². The first-order valence-electron chi connectivity index (χ1n) is 8.75. The lowest BCUT2D eigenvalue weighted by atomic mass is 9.77. The van der Waals surface area contributed by atoms with Gasteiger partial charge in [0.1, 0.15) is 13.2 Å². The van der Waals surface area contributed by atoms with Crippen LogP contribution in [0.2, 0.25) is 0 Å². The standard InChI is InChI=1S/C18H23F2N3O4S/c1-17(2,3)28(26)22-16-14-10-13(23(24)25)6-4-12(14)5-7-15(16)18(19,20)11-27-9-8-21/h4,6,10,15-16,22H,5,7,9,11H2,1-3H3/t15-,16?,28-/m1/s1. The summed E-state index contributed by atoms with van der Waals surface area (Å²) < 4.78 is 49.2. The molecule has 10 heteroatoms. The van der Waals surface area contributed by atoms with Crippen LogP contribution >= 0.6 is 0 Å². The highest BCUT2D eigenvalue weighted by molar-refractivity contribution is 7.84. The average molecular weight is 415 g/mol. The minimum atomic E-state index is -3.31. The zero-order valence-corrected chi connectivity index (χ0v) is 16.7.